The summed E-state index contributed by atoms with van der Waals surface area (Å²) in [5, 5.41) is 15.0. The standard InChI is InChI=1S/C11H24N2O2/c1-5-11(4,8-14)13-7-10(15)12-6-9(2)3/h9,13-14H,5-8H2,1-4H3,(H,12,15). The molecule has 4 heteroatoms. The number of carbonyl (C=O) groups is 1. The summed E-state index contributed by atoms with van der Waals surface area (Å²) >= 11 is 0. The van der Waals surface area contributed by atoms with Gasteiger partial charge in [-0.05, 0) is 19.3 Å². The zero-order valence-corrected chi connectivity index (χ0v) is 10.3. The summed E-state index contributed by atoms with van der Waals surface area (Å²) in [5.41, 5.74) is -0.352. The van der Waals surface area contributed by atoms with Crippen molar-refractivity contribution in [3.05, 3.63) is 0 Å². The Morgan fingerprint density at radius 2 is 2.07 bits per heavy atom. The van der Waals surface area contributed by atoms with Gasteiger partial charge < -0.3 is 15.7 Å². The van der Waals surface area contributed by atoms with Crippen LogP contribution in [0.25, 0.3) is 0 Å². The quantitative estimate of drug-likeness (QED) is 0.581. The second-order valence-electron chi connectivity index (χ2n) is 4.62. The molecule has 0 aliphatic carbocycles. The number of carbonyl (C=O) groups excluding carboxylic acids is 1. The first kappa shape index (κ1) is 14.4. The topological polar surface area (TPSA) is 61.4 Å². The van der Waals surface area contributed by atoms with Gasteiger partial charge in [0.05, 0.1) is 13.2 Å². The van der Waals surface area contributed by atoms with Gasteiger partial charge in [0, 0.05) is 12.1 Å². The molecule has 0 aromatic heterocycles. The zero-order chi connectivity index (χ0) is 11.9. The highest BCUT2D eigenvalue weighted by Crippen LogP contribution is 2.06. The van der Waals surface area contributed by atoms with Crippen molar-refractivity contribution in [1.82, 2.24) is 10.6 Å². The van der Waals surface area contributed by atoms with Gasteiger partial charge in [0.15, 0.2) is 0 Å². The number of amides is 1. The lowest BCUT2D eigenvalue weighted by molar-refractivity contribution is -0.120. The molecular formula is C11H24N2O2. The van der Waals surface area contributed by atoms with Gasteiger partial charge in [-0.15, -0.1) is 0 Å². The largest absolute Gasteiger partial charge is 0.394 e. The fraction of sp³-hybridized carbons (Fsp3) is 0.909. The molecule has 0 radical (unpaired) electrons. The lowest BCUT2D eigenvalue weighted by atomic mass is 10.0. The average molecular weight is 216 g/mol. The van der Waals surface area contributed by atoms with Crippen LogP contribution in [0, 0.1) is 5.92 Å². The SMILES string of the molecule is CCC(C)(CO)NCC(=O)NCC(C)C. The van der Waals surface area contributed by atoms with Crippen LogP contribution >= 0.6 is 0 Å². The number of aliphatic hydroxyl groups excluding tert-OH is 1. The van der Waals surface area contributed by atoms with Crippen LogP contribution in [0.2, 0.25) is 0 Å². The highest BCUT2D eigenvalue weighted by molar-refractivity contribution is 5.78. The van der Waals surface area contributed by atoms with Gasteiger partial charge in [0.1, 0.15) is 0 Å². The molecule has 15 heavy (non-hydrogen) atoms. The monoisotopic (exact) mass is 216 g/mol. The Morgan fingerprint density at radius 3 is 2.47 bits per heavy atom. The molecule has 0 aliphatic heterocycles. The van der Waals surface area contributed by atoms with Crippen LogP contribution in [0.1, 0.15) is 34.1 Å². The van der Waals surface area contributed by atoms with E-state index in [4.69, 9.17) is 5.11 Å². The number of hydrogen-bond donors (Lipinski definition) is 3. The Bertz CT molecular complexity index is 189. The van der Waals surface area contributed by atoms with E-state index in [1.807, 2.05) is 13.8 Å². The third-order valence-corrected chi connectivity index (χ3v) is 2.51. The summed E-state index contributed by atoms with van der Waals surface area (Å²) in [5.74, 6) is 0.446. The molecule has 0 bridgehead atoms. The van der Waals surface area contributed by atoms with Gasteiger partial charge in [-0.3, -0.25) is 4.79 Å². The fourth-order valence-corrected chi connectivity index (χ4v) is 0.967. The Hall–Kier alpha value is -0.610. The van der Waals surface area contributed by atoms with Gasteiger partial charge in [-0.2, -0.15) is 0 Å². The molecule has 1 unspecified atom stereocenters. The molecule has 0 saturated heterocycles. The summed E-state index contributed by atoms with van der Waals surface area (Å²) < 4.78 is 0. The van der Waals surface area contributed by atoms with E-state index in [1.165, 1.54) is 0 Å². The van der Waals surface area contributed by atoms with Crippen molar-refractivity contribution in [2.75, 3.05) is 19.7 Å². The lowest BCUT2D eigenvalue weighted by Gasteiger charge is -2.27. The Morgan fingerprint density at radius 1 is 1.47 bits per heavy atom. The van der Waals surface area contributed by atoms with Gasteiger partial charge in [-0.1, -0.05) is 20.8 Å². The predicted molar refractivity (Wildman–Crippen MR) is 61.6 cm³/mol. The number of nitrogens with one attached hydrogen (secondary N) is 2. The Balaban J connectivity index is 3.79. The van der Waals surface area contributed by atoms with Crippen molar-refractivity contribution >= 4 is 5.91 Å². The maximum absolute atomic E-state index is 11.4. The van der Waals surface area contributed by atoms with Crippen LogP contribution in [0.4, 0.5) is 0 Å². The molecule has 90 valence electrons. The average Bonchev–Trinajstić information content (AvgIpc) is 2.23. The first-order chi connectivity index (χ1) is 6.93. The lowest BCUT2D eigenvalue weighted by Crippen LogP contribution is -2.49. The molecule has 0 heterocycles. The van der Waals surface area contributed by atoms with Crippen molar-refractivity contribution in [3.8, 4) is 0 Å². The molecule has 4 nitrogen and oxygen atoms in total. The third kappa shape index (κ3) is 6.47. The van der Waals surface area contributed by atoms with Gasteiger partial charge in [-0.25, -0.2) is 0 Å². The smallest absolute Gasteiger partial charge is 0.233 e. The maximum atomic E-state index is 11.4. The second-order valence-corrected chi connectivity index (χ2v) is 4.62. The first-order valence-corrected chi connectivity index (χ1v) is 5.56. The van der Waals surface area contributed by atoms with Gasteiger partial charge in [0.25, 0.3) is 0 Å². The normalized spacial score (nSPS) is 15.1. The van der Waals surface area contributed by atoms with Crippen molar-refractivity contribution in [3.63, 3.8) is 0 Å². The summed E-state index contributed by atoms with van der Waals surface area (Å²) in [6.07, 6.45) is 0.793. The van der Waals surface area contributed by atoms with Crippen LogP contribution in [-0.2, 0) is 4.79 Å². The second kappa shape index (κ2) is 6.80. The zero-order valence-electron chi connectivity index (χ0n) is 10.3. The molecule has 0 aromatic rings. The van der Waals surface area contributed by atoms with Crippen LogP contribution in [0.5, 0.6) is 0 Å². The molecule has 0 rings (SSSR count). The van der Waals surface area contributed by atoms with Crippen LogP contribution in [0.3, 0.4) is 0 Å². The van der Waals surface area contributed by atoms with Crippen molar-refractivity contribution in [1.29, 1.82) is 0 Å². The third-order valence-electron chi connectivity index (χ3n) is 2.51. The van der Waals surface area contributed by atoms with Crippen molar-refractivity contribution in [2.45, 2.75) is 39.7 Å². The molecule has 0 saturated carbocycles. The van der Waals surface area contributed by atoms with Crippen LogP contribution in [-0.4, -0.2) is 36.2 Å². The number of aliphatic hydroxyl groups is 1. The summed E-state index contributed by atoms with van der Waals surface area (Å²) in [6, 6.07) is 0. The summed E-state index contributed by atoms with van der Waals surface area (Å²) in [4.78, 5) is 11.4. The summed E-state index contributed by atoms with van der Waals surface area (Å²) in [6.45, 7) is 8.99. The van der Waals surface area contributed by atoms with E-state index in [-0.39, 0.29) is 24.6 Å². The molecule has 0 spiro atoms. The van der Waals surface area contributed by atoms with Gasteiger partial charge in [0.2, 0.25) is 5.91 Å². The minimum atomic E-state index is -0.352. The molecule has 1 atom stereocenters. The number of hydrogen-bond acceptors (Lipinski definition) is 3. The predicted octanol–water partition coefficient (Wildman–Crippen LogP) is 0.509. The minimum Gasteiger partial charge on any atom is -0.394 e. The van der Waals surface area contributed by atoms with E-state index in [2.05, 4.69) is 24.5 Å². The van der Waals surface area contributed by atoms with E-state index >= 15 is 0 Å². The van der Waals surface area contributed by atoms with E-state index < -0.39 is 0 Å². The molecular weight excluding hydrogens is 192 g/mol. The first-order valence-electron chi connectivity index (χ1n) is 5.56. The Kier molecular flexibility index (Phi) is 6.52. The molecule has 0 aromatic carbocycles. The van der Waals surface area contributed by atoms with Crippen LogP contribution < -0.4 is 10.6 Å². The molecule has 1 amide bonds. The highest BCUT2D eigenvalue weighted by Gasteiger charge is 2.20. The number of rotatable bonds is 7. The molecule has 3 N–H and O–H groups in total. The Labute approximate surface area is 92.4 Å². The van der Waals surface area contributed by atoms with Gasteiger partial charge >= 0.3 is 0 Å². The maximum Gasteiger partial charge on any atom is 0.233 e. The van der Waals surface area contributed by atoms with Crippen LogP contribution in [0.15, 0.2) is 0 Å². The van der Waals surface area contributed by atoms with E-state index in [0.29, 0.717) is 12.5 Å². The minimum absolute atomic E-state index is 0.0168. The van der Waals surface area contributed by atoms with E-state index in [0.717, 1.165) is 6.42 Å². The van der Waals surface area contributed by atoms with Crippen molar-refractivity contribution < 1.29 is 9.90 Å². The fourth-order valence-electron chi connectivity index (χ4n) is 0.967. The van der Waals surface area contributed by atoms with E-state index in [1.54, 1.807) is 0 Å². The highest BCUT2D eigenvalue weighted by atomic mass is 16.3. The van der Waals surface area contributed by atoms with Crippen molar-refractivity contribution in [2.24, 2.45) is 5.92 Å². The molecule has 0 aliphatic rings. The summed E-state index contributed by atoms with van der Waals surface area (Å²) in [7, 11) is 0. The molecule has 0 fully saturated rings. The van der Waals surface area contributed by atoms with E-state index in [9.17, 15) is 4.79 Å².